The van der Waals surface area contributed by atoms with E-state index in [0.29, 0.717) is 13.1 Å². The monoisotopic (exact) mass is 299 g/mol. The highest BCUT2D eigenvalue weighted by Gasteiger charge is 2.35. The lowest BCUT2D eigenvalue weighted by Crippen LogP contribution is -2.59. The summed E-state index contributed by atoms with van der Waals surface area (Å²) in [6.07, 6.45) is 0. The molecule has 0 bridgehead atoms. The van der Waals surface area contributed by atoms with Crippen LogP contribution in [0.15, 0.2) is 0 Å². The molecule has 6 nitrogen and oxygen atoms in total. The van der Waals surface area contributed by atoms with E-state index in [4.69, 9.17) is 0 Å². The molecule has 1 aliphatic heterocycles. The summed E-state index contributed by atoms with van der Waals surface area (Å²) in [6.45, 7) is 14.8. The number of nitrogens with one attached hydrogen (secondary N) is 1. The molecule has 0 aromatic carbocycles. The SMILES string of the molecule is CC(C)(C)[C@@H](NC(=O)N1CCN(C(C)(C)C)CC1)C(=O)O. The van der Waals surface area contributed by atoms with Crippen LogP contribution < -0.4 is 5.32 Å². The summed E-state index contributed by atoms with van der Waals surface area (Å²) in [6, 6.07) is -1.17. The lowest BCUT2D eigenvalue weighted by molar-refractivity contribution is -0.142. The number of nitrogens with zero attached hydrogens (tertiary/aromatic N) is 2. The van der Waals surface area contributed by atoms with Gasteiger partial charge in [0, 0.05) is 31.7 Å². The summed E-state index contributed by atoms with van der Waals surface area (Å²) in [5, 5.41) is 11.9. The number of rotatable bonds is 2. The first-order valence-electron chi connectivity index (χ1n) is 7.46. The summed E-state index contributed by atoms with van der Waals surface area (Å²) in [5.74, 6) is -0.996. The van der Waals surface area contributed by atoms with E-state index in [1.54, 1.807) is 4.90 Å². The van der Waals surface area contributed by atoms with E-state index in [2.05, 4.69) is 31.0 Å². The molecule has 0 radical (unpaired) electrons. The highest BCUT2D eigenvalue weighted by atomic mass is 16.4. The number of carbonyl (C=O) groups excluding carboxylic acids is 1. The van der Waals surface area contributed by atoms with Gasteiger partial charge < -0.3 is 15.3 Å². The van der Waals surface area contributed by atoms with Gasteiger partial charge in [0.2, 0.25) is 0 Å². The molecule has 1 aliphatic rings. The van der Waals surface area contributed by atoms with Gasteiger partial charge in [-0.1, -0.05) is 20.8 Å². The zero-order valence-electron chi connectivity index (χ0n) is 14.1. The second-order valence-electron chi connectivity index (χ2n) is 7.73. The second-order valence-corrected chi connectivity index (χ2v) is 7.73. The Labute approximate surface area is 127 Å². The Bertz CT molecular complexity index is 388. The average Bonchev–Trinajstić information content (AvgIpc) is 2.33. The number of carbonyl (C=O) groups is 2. The Morgan fingerprint density at radius 3 is 1.81 bits per heavy atom. The molecule has 0 aliphatic carbocycles. The number of aliphatic carboxylic acids is 1. The minimum atomic E-state index is -0.996. The standard InChI is InChI=1S/C15H29N3O3/c1-14(2,3)11(12(19)20)16-13(21)17-7-9-18(10-8-17)15(4,5)6/h11H,7-10H2,1-6H3,(H,16,21)(H,19,20)/t11-/m0/s1. The van der Waals surface area contributed by atoms with Gasteiger partial charge in [0.1, 0.15) is 6.04 Å². The molecule has 2 amide bonds. The number of carboxylic acid groups (broad SMARTS) is 1. The molecule has 1 fully saturated rings. The molecular weight excluding hydrogens is 270 g/mol. The zero-order valence-corrected chi connectivity index (χ0v) is 14.1. The van der Waals surface area contributed by atoms with Crippen molar-refractivity contribution in [2.45, 2.75) is 53.1 Å². The summed E-state index contributed by atoms with van der Waals surface area (Å²) >= 11 is 0. The van der Waals surface area contributed by atoms with Crippen LogP contribution in [0.2, 0.25) is 0 Å². The van der Waals surface area contributed by atoms with E-state index in [9.17, 15) is 14.7 Å². The Hall–Kier alpha value is -1.30. The number of piperazine rings is 1. The number of carboxylic acids is 1. The van der Waals surface area contributed by atoms with Crippen molar-refractivity contribution in [3.05, 3.63) is 0 Å². The summed E-state index contributed by atoms with van der Waals surface area (Å²) in [4.78, 5) is 27.6. The van der Waals surface area contributed by atoms with Crippen molar-refractivity contribution in [1.82, 2.24) is 15.1 Å². The molecule has 1 heterocycles. The molecule has 1 atom stereocenters. The van der Waals surface area contributed by atoms with Gasteiger partial charge in [-0.3, -0.25) is 4.90 Å². The number of urea groups is 1. The number of amides is 2. The fourth-order valence-corrected chi connectivity index (χ4v) is 2.44. The predicted octanol–water partition coefficient (Wildman–Crippen LogP) is 1.61. The third-order valence-electron chi connectivity index (χ3n) is 3.90. The van der Waals surface area contributed by atoms with Crippen molar-refractivity contribution in [2.24, 2.45) is 5.41 Å². The topological polar surface area (TPSA) is 72.9 Å². The average molecular weight is 299 g/mol. The molecular formula is C15H29N3O3. The van der Waals surface area contributed by atoms with E-state index in [1.807, 2.05) is 20.8 Å². The Morgan fingerprint density at radius 1 is 1.00 bits per heavy atom. The van der Waals surface area contributed by atoms with Crippen molar-refractivity contribution >= 4 is 12.0 Å². The highest BCUT2D eigenvalue weighted by molar-refractivity contribution is 5.83. The van der Waals surface area contributed by atoms with Gasteiger partial charge in [-0.15, -0.1) is 0 Å². The number of hydrogen-bond donors (Lipinski definition) is 2. The summed E-state index contributed by atoms with van der Waals surface area (Å²) in [7, 11) is 0. The maximum atomic E-state index is 12.2. The van der Waals surface area contributed by atoms with Gasteiger partial charge in [-0.2, -0.15) is 0 Å². The third-order valence-corrected chi connectivity index (χ3v) is 3.90. The molecule has 122 valence electrons. The Balaban J connectivity index is 2.60. The maximum Gasteiger partial charge on any atom is 0.326 e. The predicted molar refractivity (Wildman–Crippen MR) is 82.3 cm³/mol. The first-order valence-corrected chi connectivity index (χ1v) is 7.46. The van der Waals surface area contributed by atoms with Crippen molar-refractivity contribution < 1.29 is 14.7 Å². The number of hydrogen-bond acceptors (Lipinski definition) is 3. The van der Waals surface area contributed by atoms with Gasteiger partial charge in [0.15, 0.2) is 0 Å². The van der Waals surface area contributed by atoms with Gasteiger partial charge in [0.25, 0.3) is 0 Å². The van der Waals surface area contributed by atoms with Crippen LogP contribution in [0.4, 0.5) is 4.79 Å². The van der Waals surface area contributed by atoms with E-state index in [0.717, 1.165) is 13.1 Å². The molecule has 0 aromatic rings. The molecule has 0 aromatic heterocycles. The highest BCUT2D eigenvalue weighted by Crippen LogP contribution is 2.20. The van der Waals surface area contributed by atoms with E-state index in [-0.39, 0.29) is 11.6 Å². The molecule has 1 rings (SSSR count). The normalized spacial score (nSPS) is 19.2. The molecule has 21 heavy (non-hydrogen) atoms. The van der Waals surface area contributed by atoms with Gasteiger partial charge >= 0.3 is 12.0 Å². The van der Waals surface area contributed by atoms with Crippen molar-refractivity contribution in [3.8, 4) is 0 Å². The first kappa shape index (κ1) is 17.8. The molecule has 0 unspecified atom stereocenters. The van der Waals surface area contributed by atoms with Crippen LogP contribution in [-0.4, -0.2) is 64.7 Å². The van der Waals surface area contributed by atoms with Gasteiger partial charge in [-0.25, -0.2) is 9.59 Å². The minimum absolute atomic E-state index is 0.0948. The van der Waals surface area contributed by atoms with Crippen LogP contribution in [0.25, 0.3) is 0 Å². The lowest BCUT2D eigenvalue weighted by atomic mass is 9.87. The zero-order chi connectivity index (χ0) is 16.4. The molecule has 2 N–H and O–H groups in total. The van der Waals surface area contributed by atoms with Crippen LogP contribution in [0, 0.1) is 5.41 Å². The largest absolute Gasteiger partial charge is 0.480 e. The van der Waals surface area contributed by atoms with Crippen molar-refractivity contribution in [1.29, 1.82) is 0 Å². The quantitative estimate of drug-likeness (QED) is 0.812. The Kier molecular flexibility index (Phi) is 5.25. The third kappa shape index (κ3) is 4.88. The van der Waals surface area contributed by atoms with E-state index >= 15 is 0 Å². The first-order chi connectivity index (χ1) is 9.43. The fraction of sp³-hybridized carbons (Fsp3) is 0.867. The maximum absolute atomic E-state index is 12.2. The molecule has 1 saturated heterocycles. The fourth-order valence-electron chi connectivity index (χ4n) is 2.44. The van der Waals surface area contributed by atoms with Crippen LogP contribution in [-0.2, 0) is 4.79 Å². The van der Waals surface area contributed by atoms with E-state index in [1.165, 1.54) is 0 Å². The summed E-state index contributed by atoms with van der Waals surface area (Å²) in [5.41, 5.74) is -0.424. The van der Waals surface area contributed by atoms with Crippen LogP contribution in [0.5, 0.6) is 0 Å². The molecule has 6 heteroatoms. The van der Waals surface area contributed by atoms with Gasteiger partial charge in [0.05, 0.1) is 0 Å². The van der Waals surface area contributed by atoms with Crippen molar-refractivity contribution in [3.63, 3.8) is 0 Å². The minimum Gasteiger partial charge on any atom is -0.480 e. The van der Waals surface area contributed by atoms with Crippen LogP contribution >= 0.6 is 0 Å². The van der Waals surface area contributed by atoms with Gasteiger partial charge in [-0.05, 0) is 26.2 Å². The second kappa shape index (κ2) is 6.22. The van der Waals surface area contributed by atoms with Crippen molar-refractivity contribution in [2.75, 3.05) is 26.2 Å². The lowest BCUT2D eigenvalue weighted by Gasteiger charge is -2.42. The van der Waals surface area contributed by atoms with Crippen LogP contribution in [0.1, 0.15) is 41.5 Å². The summed E-state index contributed by atoms with van der Waals surface area (Å²) < 4.78 is 0. The van der Waals surface area contributed by atoms with E-state index < -0.39 is 17.4 Å². The molecule has 0 spiro atoms. The smallest absolute Gasteiger partial charge is 0.326 e. The molecule has 0 saturated carbocycles. The van der Waals surface area contributed by atoms with Crippen LogP contribution in [0.3, 0.4) is 0 Å². The Morgan fingerprint density at radius 2 is 1.48 bits per heavy atom.